The van der Waals surface area contributed by atoms with E-state index in [9.17, 15) is 14.7 Å². The first-order valence-electron chi connectivity index (χ1n) is 8.90. The summed E-state index contributed by atoms with van der Waals surface area (Å²) in [5, 5.41) is 9.37. The number of aromatic carboxylic acids is 1. The summed E-state index contributed by atoms with van der Waals surface area (Å²) < 4.78 is 1.51. The molecule has 4 rings (SSSR count). The molecule has 3 N–H and O–H groups in total. The Morgan fingerprint density at radius 3 is 2.72 bits per heavy atom. The summed E-state index contributed by atoms with van der Waals surface area (Å²) in [4.78, 5) is 26.4. The van der Waals surface area contributed by atoms with Gasteiger partial charge in [-0.25, -0.2) is 4.79 Å². The largest absolute Gasteiger partial charge is 0.477 e. The third-order valence-corrected chi connectivity index (χ3v) is 5.43. The van der Waals surface area contributed by atoms with E-state index in [2.05, 4.69) is 4.90 Å². The lowest BCUT2D eigenvalue weighted by atomic mass is 10.0. The molecule has 0 aromatic carbocycles. The first-order valence-corrected chi connectivity index (χ1v) is 8.90. The number of hydrogen-bond acceptors (Lipinski definition) is 4. The molecule has 132 valence electrons. The smallest absolute Gasteiger partial charge is 0.341 e. The minimum absolute atomic E-state index is 0.147. The van der Waals surface area contributed by atoms with Crippen molar-refractivity contribution in [2.24, 2.45) is 5.73 Å². The van der Waals surface area contributed by atoms with Crippen molar-refractivity contribution in [3.63, 3.8) is 0 Å². The Morgan fingerprint density at radius 2 is 2.08 bits per heavy atom. The number of carboxylic acids is 1. The SMILES string of the molecule is Cc1c(N2CCC[C@H](N)C2)ccn2c(=O)c(C(=O)O)cc(C3CC3)c12. The van der Waals surface area contributed by atoms with E-state index < -0.39 is 11.5 Å². The summed E-state index contributed by atoms with van der Waals surface area (Å²) in [5.41, 5.74) is 9.51. The van der Waals surface area contributed by atoms with Gasteiger partial charge in [-0.15, -0.1) is 0 Å². The lowest BCUT2D eigenvalue weighted by Gasteiger charge is -2.34. The van der Waals surface area contributed by atoms with Crippen LogP contribution in [0.15, 0.2) is 23.1 Å². The van der Waals surface area contributed by atoms with E-state index >= 15 is 0 Å². The van der Waals surface area contributed by atoms with Crippen LogP contribution in [0.4, 0.5) is 5.69 Å². The normalized spacial score (nSPS) is 20.9. The molecule has 1 aliphatic carbocycles. The van der Waals surface area contributed by atoms with Crippen molar-refractivity contribution >= 4 is 17.2 Å². The predicted octanol–water partition coefficient (Wildman–Crippen LogP) is 2.11. The van der Waals surface area contributed by atoms with Gasteiger partial charge in [0, 0.05) is 31.0 Å². The Balaban J connectivity index is 1.94. The molecule has 1 atom stereocenters. The Hall–Kier alpha value is -2.34. The quantitative estimate of drug-likeness (QED) is 0.893. The number of carbonyl (C=O) groups is 1. The van der Waals surface area contributed by atoms with Crippen LogP contribution in [0.5, 0.6) is 0 Å². The Bertz CT molecular complexity index is 914. The van der Waals surface area contributed by atoms with Gasteiger partial charge in [0.05, 0.1) is 5.52 Å². The second kappa shape index (κ2) is 5.88. The number of aromatic nitrogens is 1. The zero-order chi connectivity index (χ0) is 17.7. The van der Waals surface area contributed by atoms with Gasteiger partial charge in [-0.05, 0) is 61.8 Å². The van der Waals surface area contributed by atoms with E-state index in [1.165, 1.54) is 4.40 Å². The van der Waals surface area contributed by atoms with Gasteiger partial charge in [-0.2, -0.15) is 0 Å². The molecule has 1 saturated carbocycles. The van der Waals surface area contributed by atoms with Crippen molar-refractivity contribution in [2.45, 2.75) is 44.6 Å². The van der Waals surface area contributed by atoms with E-state index in [1.807, 2.05) is 13.0 Å². The Labute approximate surface area is 145 Å². The number of piperidine rings is 1. The minimum atomic E-state index is -1.16. The number of nitrogens with zero attached hydrogens (tertiary/aromatic N) is 2. The van der Waals surface area contributed by atoms with Gasteiger partial charge in [-0.1, -0.05) is 0 Å². The Morgan fingerprint density at radius 1 is 1.32 bits per heavy atom. The molecular weight excluding hydrogens is 318 g/mol. The summed E-state index contributed by atoms with van der Waals surface area (Å²) in [7, 11) is 0. The number of anilines is 1. The second-order valence-electron chi connectivity index (χ2n) is 7.29. The van der Waals surface area contributed by atoms with Gasteiger partial charge in [-0.3, -0.25) is 9.20 Å². The maximum Gasteiger partial charge on any atom is 0.341 e. The molecule has 0 radical (unpaired) electrons. The molecule has 1 aliphatic heterocycles. The number of hydrogen-bond donors (Lipinski definition) is 2. The second-order valence-corrected chi connectivity index (χ2v) is 7.29. The van der Waals surface area contributed by atoms with Gasteiger partial charge >= 0.3 is 5.97 Å². The Kier molecular flexibility index (Phi) is 3.80. The van der Waals surface area contributed by atoms with Crippen LogP contribution in [0.1, 0.15) is 53.1 Å². The molecule has 0 amide bonds. The van der Waals surface area contributed by atoms with E-state index in [1.54, 1.807) is 12.3 Å². The van der Waals surface area contributed by atoms with Crippen molar-refractivity contribution in [1.29, 1.82) is 0 Å². The number of aryl methyl sites for hydroxylation is 1. The number of rotatable bonds is 3. The highest BCUT2D eigenvalue weighted by Gasteiger charge is 2.30. The van der Waals surface area contributed by atoms with E-state index in [-0.39, 0.29) is 11.6 Å². The fraction of sp³-hybridized carbons (Fsp3) is 0.474. The van der Waals surface area contributed by atoms with Crippen LogP contribution >= 0.6 is 0 Å². The zero-order valence-corrected chi connectivity index (χ0v) is 14.4. The van der Waals surface area contributed by atoms with E-state index in [0.29, 0.717) is 5.92 Å². The third-order valence-electron chi connectivity index (χ3n) is 5.43. The fourth-order valence-electron chi connectivity index (χ4n) is 4.02. The number of carboxylic acid groups (broad SMARTS) is 1. The van der Waals surface area contributed by atoms with Crippen LogP contribution in [-0.2, 0) is 0 Å². The average Bonchev–Trinajstić information content (AvgIpc) is 3.40. The van der Waals surface area contributed by atoms with E-state index in [0.717, 1.165) is 61.1 Å². The third kappa shape index (κ3) is 2.70. The molecule has 2 fully saturated rings. The van der Waals surface area contributed by atoms with Gasteiger partial charge in [0.15, 0.2) is 0 Å². The molecule has 2 aromatic heterocycles. The number of pyridine rings is 2. The monoisotopic (exact) mass is 341 g/mol. The molecular formula is C19H23N3O3. The highest BCUT2D eigenvalue weighted by Crippen LogP contribution is 2.43. The maximum absolute atomic E-state index is 12.6. The fourth-order valence-corrected chi connectivity index (χ4v) is 4.02. The van der Waals surface area contributed by atoms with Crippen LogP contribution in [0, 0.1) is 6.92 Å². The van der Waals surface area contributed by atoms with Crippen molar-refractivity contribution in [3.8, 4) is 0 Å². The van der Waals surface area contributed by atoms with Crippen molar-refractivity contribution in [3.05, 3.63) is 45.4 Å². The van der Waals surface area contributed by atoms with Gasteiger partial charge < -0.3 is 15.7 Å². The lowest BCUT2D eigenvalue weighted by molar-refractivity contribution is 0.0694. The lowest BCUT2D eigenvalue weighted by Crippen LogP contribution is -2.43. The molecule has 0 bridgehead atoms. The van der Waals surface area contributed by atoms with Crippen LogP contribution in [-0.4, -0.2) is 34.6 Å². The molecule has 6 nitrogen and oxygen atoms in total. The molecule has 2 aromatic rings. The molecule has 2 aliphatic rings. The number of nitrogens with two attached hydrogens (primary N) is 1. The summed E-state index contributed by atoms with van der Waals surface area (Å²) >= 11 is 0. The molecule has 3 heterocycles. The summed E-state index contributed by atoms with van der Waals surface area (Å²) in [6, 6.07) is 3.68. The minimum Gasteiger partial charge on any atom is -0.477 e. The zero-order valence-electron chi connectivity index (χ0n) is 14.4. The van der Waals surface area contributed by atoms with Crippen molar-refractivity contribution in [2.75, 3.05) is 18.0 Å². The van der Waals surface area contributed by atoms with Crippen molar-refractivity contribution < 1.29 is 9.90 Å². The number of fused-ring (bicyclic) bond motifs is 1. The van der Waals surface area contributed by atoms with Crippen LogP contribution in [0.25, 0.3) is 5.52 Å². The predicted molar refractivity (Wildman–Crippen MR) is 96.8 cm³/mol. The first-order chi connectivity index (χ1) is 12.0. The van der Waals surface area contributed by atoms with Gasteiger partial charge in [0.1, 0.15) is 5.56 Å². The average molecular weight is 341 g/mol. The summed E-state index contributed by atoms with van der Waals surface area (Å²) in [6.07, 6.45) is 5.92. The first kappa shape index (κ1) is 16.1. The van der Waals surface area contributed by atoms with Crippen LogP contribution in [0.3, 0.4) is 0 Å². The highest BCUT2D eigenvalue weighted by molar-refractivity contribution is 5.89. The maximum atomic E-state index is 12.6. The van der Waals surface area contributed by atoms with E-state index in [4.69, 9.17) is 5.73 Å². The molecule has 0 unspecified atom stereocenters. The molecule has 25 heavy (non-hydrogen) atoms. The standard InChI is InChI=1S/C19H23N3O3/c1-11-16(21-7-2-3-13(20)10-21)6-8-22-17(11)14(12-4-5-12)9-15(18(22)23)19(24)25/h6,8-9,12-13H,2-5,7,10,20H2,1H3,(H,24,25)/t13-/m0/s1. The highest BCUT2D eigenvalue weighted by atomic mass is 16.4. The molecule has 1 saturated heterocycles. The van der Waals surface area contributed by atoms with Gasteiger partial charge in [0.25, 0.3) is 5.56 Å². The molecule has 0 spiro atoms. The summed E-state index contributed by atoms with van der Waals surface area (Å²) in [6.45, 7) is 3.80. The van der Waals surface area contributed by atoms with Gasteiger partial charge in [0.2, 0.25) is 0 Å². The topological polar surface area (TPSA) is 88.0 Å². The van der Waals surface area contributed by atoms with Crippen LogP contribution in [0.2, 0.25) is 0 Å². The molecule has 6 heteroatoms. The van der Waals surface area contributed by atoms with Crippen molar-refractivity contribution in [1.82, 2.24) is 4.40 Å². The summed E-state index contributed by atoms with van der Waals surface area (Å²) in [5.74, 6) is -0.809. The van der Waals surface area contributed by atoms with Crippen LogP contribution < -0.4 is 16.2 Å².